The third-order valence-corrected chi connectivity index (χ3v) is 4.00. The van der Waals surface area contributed by atoms with E-state index in [1.54, 1.807) is 0 Å². The van der Waals surface area contributed by atoms with E-state index < -0.39 is 5.97 Å². The van der Waals surface area contributed by atoms with E-state index in [0.29, 0.717) is 12.5 Å². The lowest BCUT2D eigenvalue weighted by Crippen LogP contribution is -2.41. The van der Waals surface area contributed by atoms with Gasteiger partial charge < -0.3 is 10.8 Å². The van der Waals surface area contributed by atoms with Crippen molar-refractivity contribution in [2.45, 2.75) is 37.5 Å². The van der Waals surface area contributed by atoms with Crippen LogP contribution in [-0.4, -0.2) is 17.6 Å². The molecule has 1 aliphatic carbocycles. The van der Waals surface area contributed by atoms with E-state index >= 15 is 0 Å². The Kier molecular flexibility index (Phi) is 3.20. The minimum atomic E-state index is -0.764. The van der Waals surface area contributed by atoms with Crippen LogP contribution < -0.4 is 5.73 Å². The number of rotatable bonds is 3. The highest BCUT2D eigenvalue weighted by atomic mass is 16.4. The Labute approximate surface area is 102 Å². The van der Waals surface area contributed by atoms with Crippen LogP contribution in [0.5, 0.6) is 0 Å². The molecule has 92 valence electrons. The third kappa shape index (κ3) is 2.07. The largest absolute Gasteiger partial charge is 0.481 e. The predicted octanol–water partition coefficient (Wildman–Crippen LogP) is 2.26. The Bertz CT molecular complexity index is 430. The number of aliphatic carboxylic acids is 1. The summed E-state index contributed by atoms with van der Waals surface area (Å²) in [5, 5.41) is 9.10. The maximum atomic E-state index is 11.1. The molecule has 3 heteroatoms. The summed E-state index contributed by atoms with van der Waals surface area (Å²) in [5.41, 5.74) is 7.93. The first kappa shape index (κ1) is 12.1. The van der Waals surface area contributed by atoms with E-state index in [1.807, 2.05) is 18.2 Å². The van der Waals surface area contributed by atoms with Gasteiger partial charge in [-0.05, 0) is 29.9 Å². The van der Waals surface area contributed by atoms with Gasteiger partial charge in [0.05, 0.1) is 6.42 Å². The third-order valence-electron chi connectivity index (χ3n) is 4.00. The Morgan fingerprint density at radius 1 is 1.53 bits per heavy atom. The second-order valence-corrected chi connectivity index (χ2v) is 5.08. The lowest BCUT2D eigenvalue weighted by Gasteiger charge is -2.39. The molecule has 0 heterocycles. The molecule has 17 heavy (non-hydrogen) atoms. The van der Waals surface area contributed by atoms with Crippen molar-refractivity contribution >= 4 is 5.97 Å². The summed E-state index contributed by atoms with van der Waals surface area (Å²) < 4.78 is 0. The average molecular weight is 233 g/mol. The number of carboxylic acids is 1. The summed E-state index contributed by atoms with van der Waals surface area (Å²) in [7, 11) is 0. The van der Waals surface area contributed by atoms with E-state index in [-0.39, 0.29) is 11.8 Å². The molecule has 0 saturated carbocycles. The molecule has 3 N–H and O–H groups in total. The SMILES string of the molecule is CC1CCC(CN)(CC(=O)O)c2ccccc21. The lowest BCUT2D eigenvalue weighted by molar-refractivity contribution is -0.138. The van der Waals surface area contributed by atoms with Gasteiger partial charge in [0.15, 0.2) is 0 Å². The minimum Gasteiger partial charge on any atom is -0.481 e. The molecule has 2 unspecified atom stereocenters. The van der Waals surface area contributed by atoms with Crippen molar-refractivity contribution in [2.24, 2.45) is 5.73 Å². The molecule has 2 atom stereocenters. The number of carbonyl (C=O) groups is 1. The van der Waals surface area contributed by atoms with Crippen LogP contribution in [0.4, 0.5) is 0 Å². The molecule has 3 nitrogen and oxygen atoms in total. The number of carboxylic acid groups (broad SMARTS) is 1. The molecule has 1 aromatic rings. The molecular weight excluding hydrogens is 214 g/mol. The zero-order valence-corrected chi connectivity index (χ0v) is 10.1. The molecule has 0 amide bonds. The van der Waals surface area contributed by atoms with Crippen molar-refractivity contribution < 1.29 is 9.90 Å². The molecule has 1 aliphatic rings. The van der Waals surface area contributed by atoms with Crippen molar-refractivity contribution in [1.82, 2.24) is 0 Å². The molecular formula is C14H19NO2. The van der Waals surface area contributed by atoms with Crippen molar-refractivity contribution in [3.63, 3.8) is 0 Å². The lowest BCUT2D eigenvalue weighted by atomic mass is 9.65. The topological polar surface area (TPSA) is 63.3 Å². The summed E-state index contributed by atoms with van der Waals surface area (Å²) in [6.45, 7) is 2.60. The Morgan fingerprint density at radius 2 is 2.24 bits per heavy atom. The zero-order valence-electron chi connectivity index (χ0n) is 10.1. The van der Waals surface area contributed by atoms with Gasteiger partial charge in [0.25, 0.3) is 0 Å². The van der Waals surface area contributed by atoms with Crippen LogP contribution in [0.2, 0.25) is 0 Å². The van der Waals surface area contributed by atoms with E-state index in [4.69, 9.17) is 10.8 Å². The number of benzene rings is 1. The monoisotopic (exact) mass is 233 g/mol. The van der Waals surface area contributed by atoms with E-state index in [1.165, 1.54) is 5.56 Å². The normalized spacial score (nSPS) is 27.5. The fourth-order valence-corrected chi connectivity index (χ4v) is 2.95. The molecule has 1 aromatic carbocycles. The standard InChI is InChI=1S/C14H19NO2/c1-10-6-7-14(9-15,8-13(16)17)12-5-3-2-4-11(10)12/h2-5,10H,6-9,15H2,1H3,(H,16,17). The summed E-state index contributed by atoms with van der Waals surface area (Å²) in [5.74, 6) is -0.264. The molecule has 0 spiro atoms. The van der Waals surface area contributed by atoms with Gasteiger partial charge in [0, 0.05) is 12.0 Å². The van der Waals surface area contributed by atoms with Crippen LogP contribution in [0.3, 0.4) is 0 Å². The maximum Gasteiger partial charge on any atom is 0.304 e. The molecule has 0 aromatic heterocycles. The summed E-state index contributed by atoms with van der Waals surface area (Å²) in [4.78, 5) is 11.1. The van der Waals surface area contributed by atoms with Crippen LogP contribution in [0.25, 0.3) is 0 Å². The molecule has 0 bridgehead atoms. The van der Waals surface area contributed by atoms with Gasteiger partial charge in [-0.15, -0.1) is 0 Å². The Hall–Kier alpha value is -1.35. The number of hydrogen-bond acceptors (Lipinski definition) is 2. The van der Waals surface area contributed by atoms with E-state index in [0.717, 1.165) is 18.4 Å². The summed E-state index contributed by atoms with van der Waals surface area (Å²) in [6.07, 6.45) is 2.02. The Balaban J connectivity index is 2.49. The van der Waals surface area contributed by atoms with Crippen molar-refractivity contribution in [2.75, 3.05) is 6.54 Å². The predicted molar refractivity (Wildman–Crippen MR) is 67.1 cm³/mol. The van der Waals surface area contributed by atoms with E-state index in [9.17, 15) is 4.79 Å². The average Bonchev–Trinajstić information content (AvgIpc) is 2.33. The van der Waals surface area contributed by atoms with Crippen LogP contribution in [0.1, 0.15) is 43.2 Å². The van der Waals surface area contributed by atoms with Gasteiger partial charge in [-0.25, -0.2) is 0 Å². The van der Waals surface area contributed by atoms with Gasteiger partial charge in [-0.2, -0.15) is 0 Å². The van der Waals surface area contributed by atoms with Gasteiger partial charge >= 0.3 is 5.97 Å². The smallest absolute Gasteiger partial charge is 0.304 e. The first-order chi connectivity index (χ1) is 8.09. The van der Waals surface area contributed by atoms with Gasteiger partial charge in [0.1, 0.15) is 0 Å². The molecule has 0 saturated heterocycles. The first-order valence-corrected chi connectivity index (χ1v) is 6.10. The number of fused-ring (bicyclic) bond motifs is 1. The highest BCUT2D eigenvalue weighted by molar-refractivity contribution is 5.69. The minimum absolute atomic E-state index is 0.132. The molecule has 0 fully saturated rings. The quantitative estimate of drug-likeness (QED) is 0.841. The van der Waals surface area contributed by atoms with Crippen molar-refractivity contribution in [1.29, 1.82) is 0 Å². The Morgan fingerprint density at radius 3 is 2.88 bits per heavy atom. The van der Waals surface area contributed by atoms with E-state index in [2.05, 4.69) is 13.0 Å². The van der Waals surface area contributed by atoms with Crippen LogP contribution in [0, 0.1) is 0 Å². The van der Waals surface area contributed by atoms with Gasteiger partial charge in [0.2, 0.25) is 0 Å². The highest BCUT2D eigenvalue weighted by Gasteiger charge is 2.39. The number of nitrogens with two attached hydrogens (primary N) is 1. The van der Waals surface area contributed by atoms with Gasteiger partial charge in [-0.3, -0.25) is 4.79 Å². The first-order valence-electron chi connectivity index (χ1n) is 6.10. The van der Waals surface area contributed by atoms with Crippen molar-refractivity contribution in [3.05, 3.63) is 35.4 Å². The van der Waals surface area contributed by atoms with Gasteiger partial charge in [-0.1, -0.05) is 31.2 Å². The molecule has 0 aliphatic heterocycles. The maximum absolute atomic E-state index is 11.1. The number of hydrogen-bond donors (Lipinski definition) is 2. The van der Waals surface area contributed by atoms with Crippen LogP contribution in [-0.2, 0) is 10.2 Å². The second kappa shape index (κ2) is 4.49. The van der Waals surface area contributed by atoms with Crippen molar-refractivity contribution in [3.8, 4) is 0 Å². The van der Waals surface area contributed by atoms with Crippen LogP contribution in [0.15, 0.2) is 24.3 Å². The highest BCUT2D eigenvalue weighted by Crippen LogP contribution is 2.44. The fraction of sp³-hybridized carbons (Fsp3) is 0.500. The summed E-state index contributed by atoms with van der Waals surface area (Å²) >= 11 is 0. The molecule has 0 radical (unpaired) electrons. The fourth-order valence-electron chi connectivity index (χ4n) is 2.95. The molecule has 2 rings (SSSR count). The summed E-state index contributed by atoms with van der Waals surface area (Å²) in [6, 6.07) is 8.14. The van der Waals surface area contributed by atoms with Crippen LogP contribution >= 0.6 is 0 Å². The zero-order chi connectivity index (χ0) is 12.5. The second-order valence-electron chi connectivity index (χ2n) is 5.08.